The molecule has 0 saturated carbocycles. The third-order valence-corrected chi connectivity index (χ3v) is 2.46. The molecule has 0 rings (SSSR count). The number of hydrogen-bond acceptors (Lipinski definition) is 1. The summed E-state index contributed by atoms with van der Waals surface area (Å²) in [5.74, 6) is -0.0962. The van der Waals surface area contributed by atoms with Gasteiger partial charge in [-0.1, -0.05) is 22.9 Å². The minimum atomic E-state index is -0.693. The summed E-state index contributed by atoms with van der Waals surface area (Å²) in [5, 5.41) is 9.25. The van der Waals surface area contributed by atoms with E-state index in [4.69, 9.17) is 5.11 Å². The van der Waals surface area contributed by atoms with E-state index in [2.05, 4.69) is 22.9 Å². The van der Waals surface area contributed by atoms with Crippen LogP contribution in [0.4, 0.5) is 0 Å². The molecule has 0 aliphatic rings. The fraction of sp³-hybridized carbons (Fsp3) is 0.857. The van der Waals surface area contributed by atoms with Crippen molar-refractivity contribution in [2.75, 3.05) is 5.33 Å². The van der Waals surface area contributed by atoms with Crippen LogP contribution in [-0.4, -0.2) is 16.4 Å². The van der Waals surface area contributed by atoms with Crippen LogP contribution in [0, 0.1) is 5.92 Å². The van der Waals surface area contributed by atoms with Crippen LogP contribution in [0.3, 0.4) is 0 Å². The zero-order chi connectivity index (χ0) is 7.98. The molecule has 0 saturated heterocycles. The lowest BCUT2D eigenvalue weighted by Crippen LogP contribution is -1.99. The van der Waals surface area contributed by atoms with Crippen LogP contribution in [0.1, 0.15) is 26.2 Å². The molecular formula is C7H13BrO2. The fourth-order valence-electron chi connectivity index (χ4n) is 0.679. The molecule has 3 heteroatoms. The Morgan fingerprint density at radius 3 is 2.70 bits per heavy atom. The van der Waals surface area contributed by atoms with E-state index >= 15 is 0 Å². The van der Waals surface area contributed by atoms with Crippen LogP contribution in [0.15, 0.2) is 0 Å². The molecule has 60 valence electrons. The Bertz CT molecular complexity index is 104. The zero-order valence-electron chi connectivity index (χ0n) is 6.14. The molecule has 0 aromatic carbocycles. The van der Waals surface area contributed by atoms with Gasteiger partial charge in [-0.25, -0.2) is 0 Å². The highest BCUT2D eigenvalue weighted by atomic mass is 79.9. The van der Waals surface area contributed by atoms with Crippen molar-refractivity contribution >= 4 is 21.9 Å². The SMILES string of the molecule is CC(CBr)CCCC(=O)O. The van der Waals surface area contributed by atoms with Gasteiger partial charge >= 0.3 is 5.97 Å². The van der Waals surface area contributed by atoms with Gasteiger partial charge in [0.25, 0.3) is 0 Å². The summed E-state index contributed by atoms with van der Waals surface area (Å²) < 4.78 is 0. The third-order valence-electron chi connectivity index (χ3n) is 1.35. The summed E-state index contributed by atoms with van der Waals surface area (Å²) >= 11 is 3.33. The van der Waals surface area contributed by atoms with Crippen molar-refractivity contribution in [2.24, 2.45) is 5.92 Å². The van der Waals surface area contributed by atoms with Gasteiger partial charge in [0.1, 0.15) is 0 Å². The van der Waals surface area contributed by atoms with Gasteiger partial charge in [0, 0.05) is 11.8 Å². The second kappa shape index (κ2) is 5.71. The molecule has 1 N–H and O–H groups in total. The lowest BCUT2D eigenvalue weighted by molar-refractivity contribution is -0.137. The Balaban J connectivity index is 3.11. The van der Waals surface area contributed by atoms with E-state index in [1.807, 2.05) is 0 Å². The standard InChI is InChI=1S/C7H13BrO2/c1-6(5-8)3-2-4-7(9)10/h6H,2-5H2,1H3,(H,9,10). The molecule has 10 heavy (non-hydrogen) atoms. The Labute approximate surface area is 69.8 Å². The van der Waals surface area contributed by atoms with Gasteiger partial charge in [0.2, 0.25) is 0 Å². The molecule has 0 fully saturated rings. The van der Waals surface area contributed by atoms with Gasteiger partial charge in [0.15, 0.2) is 0 Å². The maximum atomic E-state index is 10.1. The van der Waals surface area contributed by atoms with Crippen molar-refractivity contribution in [2.45, 2.75) is 26.2 Å². The number of alkyl halides is 1. The first-order chi connectivity index (χ1) is 4.66. The van der Waals surface area contributed by atoms with E-state index < -0.39 is 5.97 Å². The van der Waals surface area contributed by atoms with Crippen molar-refractivity contribution < 1.29 is 9.90 Å². The van der Waals surface area contributed by atoms with Gasteiger partial charge in [-0.15, -0.1) is 0 Å². The first-order valence-electron chi connectivity index (χ1n) is 3.44. The molecule has 0 aliphatic carbocycles. The average molecular weight is 209 g/mol. The number of rotatable bonds is 5. The molecule has 0 heterocycles. The van der Waals surface area contributed by atoms with Crippen LogP contribution in [0.2, 0.25) is 0 Å². The molecule has 0 aromatic rings. The summed E-state index contributed by atoms with van der Waals surface area (Å²) in [4.78, 5) is 10.1. The van der Waals surface area contributed by atoms with E-state index in [-0.39, 0.29) is 0 Å². The maximum absolute atomic E-state index is 10.1. The number of hydrogen-bond donors (Lipinski definition) is 1. The molecule has 1 unspecified atom stereocenters. The predicted molar refractivity (Wildman–Crippen MR) is 44.4 cm³/mol. The van der Waals surface area contributed by atoms with Crippen LogP contribution < -0.4 is 0 Å². The molecule has 0 aromatic heterocycles. The first kappa shape index (κ1) is 9.95. The van der Waals surface area contributed by atoms with Gasteiger partial charge in [0.05, 0.1) is 0 Å². The molecule has 0 aliphatic heterocycles. The molecular weight excluding hydrogens is 196 g/mol. The maximum Gasteiger partial charge on any atom is 0.303 e. The summed E-state index contributed by atoms with van der Waals surface area (Å²) in [5.41, 5.74) is 0. The first-order valence-corrected chi connectivity index (χ1v) is 4.56. The quantitative estimate of drug-likeness (QED) is 0.705. The molecule has 0 spiro atoms. The van der Waals surface area contributed by atoms with Crippen LogP contribution in [0.5, 0.6) is 0 Å². The average Bonchev–Trinajstić information content (AvgIpc) is 1.87. The van der Waals surface area contributed by atoms with Crippen molar-refractivity contribution in [1.29, 1.82) is 0 Å². The van der Waals surface area contributed by atoms with Crippen LogP contribution >= 0.6 is 15.9 Å². The molecule has 0 radical (unpaired) electrons. The molecule has 2 nitrogen and oxygen atoms in total. The summed E-state index contributed by atoms with van der Waals surface area (Å²) in [6.45, 7) is 2.11. The smallest absolute Gasteiger partial charge is 0.303 e. The number of halogens is 1. The van der Waals surface area contributed by atoms with Crippen molar-refractivity contribution in [3.63, 3.8) is 0 Å². The summed E-state index contributed by atoms with van der Waals surface area (Å²) in [6.07, 6.45) is 2.09. The minimum Gasteiger partial charge on any atom is -0.481 e. The lowest BCUT2D eigenvalue weighted by Gasteiger charge is -2.03. The molecule has 0 bridgehead atoms. The number of carbonyl (C=O) groups is 1. The van der Waals surface area contributed by atoms with Gasteiger partial charge in [-0.05, 0) is 18.8 Å². The third kappa shape index (κ3) is 6.08. The Morgan fingerprint density at radius 2 is 2.30 bits per heavy atom. The van der Waals surface area contributed by atoms with E-state index in [1.54, 1.807) is 0 Å². The second-order valence-electron chi connectivity index (χ2n) is 2.55. The van der Waals surface area contributed by atoms with Gasteiger partial charge in [-0.3, -0.25) is 4.79 Å². The summed E-state index contributed by atoms with van der Waals surface area (Å²) in [6, 6.07) is 0. The van der Waals surface area contributed by atoms with Crippen molar-refractivity contribution in [1.82, 2.24) is 0 Å². The van der Waals surface area contributed by atoms with E-state index in [0.29, 0.717) is 12.3 Å². The number of carboxylic acid groups (broad SMARTS) is 1. The van der Waals surface area contributed by atoms with Crippen LogP contribution in [0.25, 0.3) is 0 Å². The number of carboxylic acids is 1. The highest BCUT2D eigenvalue weighted by Gasteiger charge is 2.01. The summed E-state index contributed by atoms with van der Waals surface area (Å²) in [7, 11) is 0. The Morgan fingerprint density at radius 1 is 1.70 bits per heavy atom. The lowest BCUT2D eigenvalue weighted by atomic mass is 10.1. The fourth-order valence-corrected chi connectivity index (χ4v) is 1.00. The Hall–Kier alpha value is -0.0500. The van der Waals surface area contributed by atoms with E-state index in [0.717, 1.165) is 18.2 Å². The minimum absolute atomic E-state index is 0.303. The zero-order valence-corrected chi connectivity index (χ0v) is 7.73. The highest BCUT2D eigenvalue weighted by molar-refractivity contribution is 9.09. The molecule has 0 amide bonds. The molecule has 1 atom stereocenters. The topological polar surface area (TPSA) is 37.3 Å². The monoisotopic (exact) mass is 208 g/mol. The number of aliphatic carboxylic acids is 1. The largest absolute Gasteiger partial charge is 0.481 e. The van der Waals surface area contributed by atoms with Crippen molar-refractivity contribution in [3.8, 4) is 0 Å². The predicted octanol–water partition coefficient (Wildman–Crippen LogP) is 2.27. The highest BCUT2D eigenvalue weighted by Crippen LogP contribution is 2.09. The van der Waals surface area contributed by atoms with E-state index in [1.165, 1.54) is 0 Å². The van der Waals surface area contributed by atoms with Gasteiger partial charge in [-0.2, -0.15) is 0 Å². The van der Waals surface area contributed by atoms with E-state index in [9.17, 15) is 4.79 Å². The Kier molecular flexibility index (Phi) is 5.69. The second-order valence-corrected chi connectivity index (χ2v) is 3.19. The van der Waals surface area contributed by atoms with Crippen LogP contribution in [-0.2, 0) is 4.79 Å². The normalized spacial score (nSPS) is 13.0. The van der Waals surface area contributed by atoms with Gasteiger partial charge < -0.3 is 5.11 Å². The van der Waals surface area contributed by atoms with Crippen molar-refractivity contribution in [3.05, 3.63) is 0 Å².